The highest BCUT2D eigenvalue weighted by Crippen LogP contribution is 2.24. The van der Waals surface area contributed by atoms with Crippen LogP contribution in [0.25, 0.3) is 0 Å². The largest absolute Gasteiger partial charge is 0.369 e. The lowest BCUT2D eigenvalue weighted by Crippen LogP contribution is -2.44. The van der Waals surface area contributed by atoms with E-state index in [2.05, 4.69) is 49.7 Å². The first kappa shape index (κ1) is 16.1. The Hall–Kier alpha value is -2.41. The van der Waals surface area contributed by atoms with E-state index >= 15 is 0 Å². The molecule has 1 saturated heterocycles. The molecule has 2 aromatic rings. The molecule has 0 saturated carbocycles. The number of fused-ring (bicyclic) bond motifs is 1. The molecule has 4 rings (SSSR count). The third-order valence-electron chi connectivity index (χ3n) is 5.25. The SMILES string of the molecule is CN1CCN(c2ccc(NC(=O)C3CCc4n[nH]nc4C3)cc2)CC1. The lowest BCUT2D eigenvalue weighted by Gasteiger charge is -2.34. The first-order valence-corrected chi connectivity index (χ1v) is 8.92. The highest BCUT2D eigenvalue weighted by molar-refractivity contribution is 5.93. The number of rotatable bonds is 3. The van der Waals surface area contributed by atoms with Gasteiger partial charge in [0.15, 0.2) is 0 Å². The molecule has 25 heavy (non-hydrogen) atoms. The molecule has 2 heterocycles. The second-order valence-electron chi connectivity index (χ2n) is 6.98. The number of anilines is 2. The zero-order chi connectivity index (χ0) is 17.2. The number of carbonyl (C=O) groups excluding carboxylic acids is 1. The maximum Gasteiger partial charge on any atom is 0.227 e. The molecule has 1 amide bonds. The summed E-state index contributed by atoms with van der Waals surface area (Å²) in [6.45, 7) is 4.27. The first-order valence-electron chi connectivity index (χ1n) is 8.92. The van der Waals surface area contributed by atoms with Crippen LogP contribution in [0, 0.1) is 5.92 Å². The van der Waals surface area contributed by atoms with Gasteiger partial charge in [-0.2, -0.15) is 15.4 Å². The fourth-order valence-electron chi connectivity index (χ4n) is 3.57. The Balaban J connectivity index is 1.36. The van der Waals surface area contributed by atoms with Crippen LogP contribution in [0.15, 0.2) is 24.3 Å². The Bertz CT molecular complexity index is 732. The number of hydrogen-bond donors (Lipinski definition) is 2. The summed E-state index contributed by atoms with van der Waals surface area (Å²) in [4.78, 5) is 17.3. The molecule has 1 unspecified atom stereocenters. The minimum absolute atomic E-state index is 0.0325. The van der Waals surface area contributed by atoms with Gasteiger partial charge in [-0.15, -0.1) is 0 Å². The maximum atomic E-state index is 12.5. The van der Waals surface area contributed by atoms with E-state index in [1.165, 1.54) is 5.69 Å². The second-order valence-corrected chi connectivity index (χ2v) is 6.98. The van der Waals surface area contributed by atoms with Crippen molar-refractivity contribution in [2.75, 3.05) is 43.4 Å². The van der Waals surface area contributed by atoms with Crippen molar-refractivity contribution in [2.24, 2.45) is 5.92 Å². The summed E-state index contributed by atoms with van der Waals surface area (Å²) in [5, 5.41) is 14.0. The van der Waals surface area contributed by atoms with Crippen molar-refractivity contribution in [1.29, 1.82) is 0 Å². The predicted molar refractivity (Wildman–Crippen MR) is 96.7 cm³/mol. The number of aromatic nitrogens is 3. The number of benzene rings is 1. The average Bonchev–Trinajstić information content (AvgIpc) is 3.11. The number of nitrogens with zero attached hydrogens (tertiary/aromatic N) is 4. The fourth-order valence-corrected chi connectivity index (χ4v) is 3.57. The van der Waals surface area contributed by atoms with Gasteiger partial charge in [-0.1, -0.05) is 0 Å². The lowest BCUT2D eigenvalue weighted by atomic mass is 9.89. The molecule has 0 bridgehead atoms. The Kier molecular flexibility index (Phi) is 4.40. The van der Waals surface area contributed by atoms with Crippen molar-refractivity contribution in [3.8, 4) is 0 Å². The van der Waals surface area contributed by atoms with Crippen molar-refractivity contribution < 1.29 is 4.79 Å². The van der Waals surface area contributed by atoms with Crippen LogP contribution in [0.1, 0.15) is 17.8 Å². The number of likely N-dealkylation sites (N-methyl/N-ethyl adjacent to an activating group) is 1. The quantitative estimate of drug-likeness (QED) is 0.881. The van der Waals surface area contributed by atoms with Gasteiger partial charge in [0.05, 0.1) is 11.4 Å². The van der Waals surface area contributed by atoms with E-state index in [9.17, 15) is 4.79 Å². The van der Waals surface area contributed by atoms with Gasteiger partial charge in [0, 0.05) is 49.9 Å². The smallest absolute Gasteiger partial charge is 0.227 e. The second kappa shape index (κ2) is 6.84. The van der Waals surface area contributed by atoms with Gasteiger partial charge in [-0.05, 0) is 44.2 Å². The number of aromatic amines is 1. The van der Waals surface area contributed by atoms with Crippen LogP contribution >= 0.6 is 0 Å². The molecule has 1 aliphatic heterocycles. The Morgan fingerprint density at radius 3 is 2.60 bits per heavy atom. The van der Waals surface area contributed by atoms with Crippen molar-refractivity contribution in [3.05, 3.63) is 35.7 Å². The van der Waals surface area contributed by atoms with Crippen LogP contribution in [-0.4, -0.2) is 59.4 Å². The van der Waals surface area contributed by atoms with Crippen molar-refractivity contribution in [1.82, 2.24) is 20.3 Å². The van der Waals surface area contributed by atoms with Gasteiger partial charge < -0.3 is 15.1 Å². The topological polar surface area (TPSA) is 77.1 Å². The minimum atomic E-state index is -0.0325. The Morgan fingerprint density at radius 1 is 1.12 bits per heavy atom. The van der Waals surface area contributed by atoms with E-state index in [-0.39, 0.29) is 11.8 Å². The summed E-state index contributed by atoms with van der Waals surface area (Å²) in [6, 6.07) is 8.18. The number of piperazine rings is 1. The van der Waals surface area contributed by atoms with E-state index < -0.39 is 0 Å². The molecule has 1 aliphatic carbocycles. The number of nitrogens with one attached hydrogen (secondary N) is 2. The summed E-state index contributed by atoms with van der Waals surface area (Å²) >= 11 is 0. The van der Waals surface area contributed by atoms with E-state index in [0.29, 0.717) is 6.42 Å². The molecule has 1 atom stereocenters. The monoisotopic (exact) mass is 340 g/mol. The molecule has 2 N–H and O–H groups in total. The highest BCUT2D eigenvalue weighted by Gasteiger charge is 2.27. The molecule has 1 aromatic heterocycles. The molecular weight excluding hydrogens is 316 g/mol. The molecule has 0 radical (unpaired) electrons. The van der Waals surface area contributed by atoms with Crippen LogP contribution in [0.5, 0.6) is 0 Å². The van der Waals surface area contributed by atoms with Gasteiger partial charge in [0.1, 0.15) is 0 Å². The highest BCUT2D eigenvalue weighted by atomic mass is 16.1. The van der Waals surface area contributed by atoms with Crippen LogP contribution in [0.4, 0.5) is 11.4 Å². The fraction of sp³-hybridized carbons (Fsp3) is 0.500. The van der Waals surface area contributed by atoms with Gasteiger partial charge in [0.25, 0.3) is 0 Å². The molecule has 0 spiro atoms. The van der Waals surface area contributed by atoms with E-state index in [0.717, 1.165) is 56.1 Å². The van der Waals surface area contributed by atoms with E-state index in [4.69, 9.17) is 0 Å². The number of carbonyl (C=O) groups is 1. The van der Waals surface area contributed by atoms with E-state index in [1.807, 2.05) is 12.1 Å². The first-order chi connectivity index (χ1) is 12.2. The normalized spacial score (nSPS) is 21.0. The number of H-pyrrole nitrogens is 1. The summed E-state index contributed by atoms with van der Waals surface area (Å²) in [7, 11) is 2.16. The molecule has 1 fully saturated rings. The average molecular weight is 340 g/mol. The van der Waals surface area contributed by atoms with Crippen LogP contribution in [0.3, 0.4) is 0 Å². The maximum absolute atomic E-state index is 12.5. The summed E-state index contributed by atoms with van der Waals surface area (Å²) in [5.41, 5.74) is 4.00. The summed E-state index contributed by atoms with van der Waals surface area (Å²) in [5.74, 6) is 0.0379. The van der Waals surface area contributed by atoms with Crippen LogP contribution in [0.2, 0.25) is 0 Å². The minimum Gasteiger partial charge on any atom is -0.369 e. The molecule has 132 valence electrons. The van der Waals surface area contributed by atoms with Gasteiger partial charge in [-0.3, -0.25) is 4.79 Å². The zero-order valence-electron chi connectivity index (χ0n) is 14.5. The van der Waals surface area contributed by atoms with Gasteiger partial charge in [0.2, 0.25) is 5.91 Å². The molecule has 7 nitrogen and oxygen atoms in total. The number of hydrogen-bond acceptors (Lipinski definition) is 5. The Morgan fingerprint density at radius 2 is 1.84 bits per heavy atom. The van der Waals surface area contributed by atoms with Crippen molar-refractivity contribution >= 4 is 17.3 Å². The predicted octanol–water partition coefficient (Wildman–Crippen LogP) is 1.30. The number of amides is 1. The van der Waals surface area contributed by atoms with Gasteiger partial charge >= 0.3 is 0 Å². The summed E-state index contributed by atoms with van der Waals surface area (Å²) < 4.78 is 0. The molecule has 7 heteroatoms. The van der Waals surface area contributed by atoms with Crippen molar-refractivity contribution in [2.45, 2.75) is 19.3 Å². The molecular formula is C18H24N6O. The van der Waals surface area contributed by atoms with Crippen LogP contribution in [-0.2, 0) is 17.6 Å². The number of aryl methyl sites for hydroxylation is 1. The summed E-state index contributed by atoms with van der Waals surface area (Å²) in [6.07, 6.45) is 2.30. The third-order valence-corrected chi connectivity index (χ3v) is 5.25. The van der Waals surface area contributed by atoms with Crippen molar-refractivity contribution in [3.63, 3.8) is 0 Å². The third kappa shape index (κ3) is 3.51. The van der Waals surface area contributed by atoms with Gasteiger partial charge in [-0.25, -0.2) is 0 Å². The molecule has 1 aromatic carbocycles. The lowest BCUT2D eigenvalue weighted by molar-refractivity contribution is -0.120. The van der Waals surface area contributed by atoms with Crippen LogP contribution < -0.4 is 10.2 Å². The zero-order valence-corrected chi connectivity index (χ0v) is 14.5. The Labute approximate surface area is 147 Å². The van der Waals surface area contributed by atoms with E-state index in [1.54, 1.807) is 0 Å². The molecule has 2 aliphatic rings. The standard InChI is InChI=1S/C18H24N6O/c1-23-8-10-24(11-9-23)15-5-3-14(4-6-15)19-18(25)13-2-7-16-17(12-13)21-22-20-16/h3-6,13H,2,7-12H2,1H3,(H,19,25)(H,20,21,22).